The number of carbonyl (C=O) groups excluding carboxylic acids is 1. The molecule has 0 saturated heterocycles. The molecule has 0 aromatic carbocycles. The van der Waals surface area contributed by atoms with Gasteiger partial charge in [0.05, 0.1) is 35.1 Å². The van der Waals surface area contributed by atoms with Crippen LogP contribution in [0.5, 0.6) is 0 Å². The highest BCUT2D eigenvalue weighted by molar-refractivity contribution is 5.95. The van der Waals surface area contributed by atoms with E-state index in [1.165, 1.54) is 0 Å². The Labute approximate surface area is 229 Å². The molecule has 4 aliphatic rings. The van der Waals surface area contributed by atoms with Crippen LogP contribution in [0.2, 0.25) is 0 Å². The van der Waals surface area contributed by atoms with Gasteiger partial charge in [-0.1, -0.05) is 13.8 Å². The molecule has 0 spiro atoms. The van der Waals surface area contributed by atoms with Gasteiger partial charge in [-0.25, -0.2) is 0 Å². The first-order valence-electron chi connectivity index (χ1n) is 14.5. The maximum atomic E-state index is 13.8. The molecule has 0 heterocycles. The highest BCUT2D eigenvalue weighted by Gasteiger charge is 2.70. The van der Waals surface area contributed by atoms with Crippen LogP contribution in [0.25, 0.3) is 0 Å². The van der Waals surface area contributed by atoms with E-state index in [9.17, 15) is 15.0 Å². The van der Waals surface area contributed by atoms with Crippen molar-refractivity contribution in [2.45, 2.75) is 121 Å². The average molecular weight is 537 g/mol. The summed E-state index contributed by atoms with van der Waals surface area (Å²) in [4.78, 5) is 13.8. The maximum absolute atomic E-state index is 13.8. The molecule has 0 amide bonds. The Bertz CT molecular complexity index is 922. The third-order valence-electron chi connectivity index (χ3n) is 11.6. The Morgan fingerprint density at radius 1 is 1.00 bits per heavy atom. The number of hydrogen-bond donors (Lipinski definition) is 2. The molecular formula is C31H52O7. The topological polar surface area (TPSA) is 94.5 Å². The summed E-state index contributed by atoms with van der Waals surface area (Å²) < 4.78 is 24.0. The Morgan fingerprint density at radius 3 is 2.21 bits per heavy atom. The zero-order valence-corrected chi connectivity index (χ0v) is 25.1. The molecule has 0 radical (unpaired) electrons. The lowest BCUT2D eigenvalue weighted by Crippen LogP contribution is -2.63. The third kappa shape index (κ3) is 4.44. The van der Waals surface area contributed by atoms with Crippen LogP contribution in [0.15, 0.2) is 11.6 Å². The minimum atomic E-state index is -1.12. The molecule has 4 aliphatic carbocycles. The smallest absolute Gasteiger partial charge is 0.159 e. The molecule has 3 saturated carbocycles. The first kappa shape index (κ1) is 30.1. The van der Waals surface area contributed by atoms with E-state index in [1.807, 2.05) is 13.0 Å². The lowest BCUT2D eigenvalue weighted by molar-refractivity contribution is -0.189. The SMILES string of the molecule is COC1CC2C(=O)C=C3C(CCC4(C)C([C@@](C)(O)C(CCC(C)(C)O)OC)CCC34OC)C2(C)CC1OC. The lowest BCUT2D eigenvalue weighted by atomic mass is 9.45. The Morgan fingerprint density at radius 2 is 1.66 bits per heavy atom. The van der Waals surface area contributed by atoms with Gasteiger partial charge >= 0.3 is 0 Å². The van der Waals surface area contributed by atoms with Crippen molar-refractivity contribution < 1.29 is 34.0 Å². The van der Waals surface area contributed by atoms with Crippen molar-refractivity contribution in [3.63, 3.8) is 0 Å². The normalized spacial score (nSPS) is 43.5. The second-order valence-electron chi connectivity index (χ2n) is 14.0. The summed E-state index contributed by atoms with van der Waals surface area (Å²) in [5.41, 5.74) is -2.05. The van der Waals surface area contributed by atoms with Crippen LogP contribution in [0.1, 0.15) is 86.0 Å². The van der Waals surface area contributed by atoms with E-state index in [1.54, 1.807) is 42.3 Å². The molecular weight excluding hydrogens is 484 g/mol. The van der Waals surface area contributed by atoms with Gasteiger partial charge in [0.25, 0.3) is 0 Å². The summed E-state index contributed by atoms with van der Waals surface area (Å²) in [6.07, 6.45) is 7.29. The number of carbonyl (C=O) groups is 1. The van der Waals surface area contributed by atoms with Gasteiger partial charge in [0, 0.05) is 39.8 Å². The fourth-order valence-electron chi connectivity index (χ4n) is 9.54. The van der Waals surface area contributed by atoms with Gasteiger partial charge in [0.15, 0.2) is 5.78 Å². The van der Waals surface area contributed by atoms with Crippen LogP contribution in [-0.4, -0.2) is 79.6 Å². The monoisotopic (exact) mass is 536 g/mol. The Kier molecular flexibility index (Phi) is 8.10. The standard InChI is InChI=1S/C31H52O7/c1-27(2,33)13-12-26(37-8)30(5,34)25-11-15-31(38-9)20-16-22(32)21-17-23(35-6)24(36-7)18-28(21,3)19(20)10-14-29(25,31)4/h16,19,21,23-26,33-34H,10-15,17-18H2,1-9H3/t19?,21?,23?,24?,25?,26?,28?,29?,30-,31?/m1/s1. The van der Waals surface area contributed by atoms with Gasteiger partial charge in [0.2, 0.25) is 0 Å². The molecule has 38 heavy (non-hydrogen) atoms. The molecule has 218 valence electrons. The molecule has 2 N–H and O–H groups in total. The van der Waals surface area contributed by atoms with Gasteiger partial charge in [-0.15, -0.1) is 0 Å². The van der Waals surface area contributed by atoms with E-state index in [0.717, 1.165) is 37.7 Å². The zero-order valence-electron chi connectivity index (χ0n) is 25.1. The maximum Gasteiger partial charge on any atom is 0.159 e. The highest BCUT2D eigenvalue weighted by atomic mass is 16.5. The van der Waals surface area contributed by atoms with Crippen LogP contribution in [0.3, 0.4) is 0 Å². The van der Waals surface area contributed by atoms with Crippen LogP contribution < -0.4 is 0 Å². The predicted octanol–water partition coefficient (Wildman–Crippen LogP) is 4.47. The fraction of sp³-hybridized carbons (Fsp3) is 0.903. The second kappa shape index (κ2) is 10.2. The number of hydrogen-bond acceptors (Lipinski definition) is 7. The summed E-state index contributed by atoms with van der Waals surface area (Å²) in [5, 5.41) is 22.5. The molecule has 0 aromatic rings. The lowest BCUT2D eigenvalue weighted by Gasteiger charge is -2.62. The number of fused-ring (bicyclic) bond motifs is 5. The van der Waals surface area contributed by atoms with Crippen LogP contribution >= 0.6 is 0 Å². The molecule has 3 fully saturated rings. The summed E-state index contributed by atoms with van der Waals surface area (Å²) >= 11 is 0. The van der Waals surface area contributed by atoms with Crippen molar-refractivity contribution in [2.24, 2.45) is 28.6 Å². The van der Waals surface area contributed by atoms with E-state index in [-0.39, 0.29) is 46.6 Å². The molecule has 9 unspecified atom stereocenters. The van der Waals surface area contributed by atoms with Crippen molar-refractivity contribution in [2.75, 3.05) is 28.4 Å². The van der Waals surface area contributed by atoms with Crippen molar-refractivity contribution >= 4 is 5.78 Å². The van der Waals surface area contributed by atoms with Crippen molar-refractivity contribution in [3.05, 3.63) is 11.6 Å². The number of rotatable bonds is 9. The van der Waals surface area contributed by atoms with Crippen LogP contribution in [-0.2, 0) is 23.7 Å². The average Bonchev–Trinajstić information content (AvgIpc) is 3.17. The van der Waals surface area contributed by atoms with Crippen molar-refractivity contribution in [3.8, 4) is 0 Å². The summed E-state index contributed by atoms with van der Waals surface area (Å²) in [5.74, 6) is 0.211. The van der Waals surface area contributed by atoms with Crippen LogP contribution in [0.4, 0.5) is 0 Å². The number of ether oxygens (including phenoxy) is 4. The first-order valence-corrected chi connectivity index (χ1v) is 14.5. The van der Waals surface area contributed by atoms with Crippen molar-refractivity contribution in [1.82, 2.24) is 0 Å². The summed E-state index contributed by atoms with van der Waals surface area (Å²) in [6.45, 7) is 10.00. The minimum absolute atomic E-state index is 0.0458. The second-order valence-corrected chi connectivity index (χ2v) is 14.0. The van der Waals surface area contributed by atoms with E-state index in [2.05, 4.69) is 13.8 Å². The van der Waals surface area contributed by atoms with Crippen molar-refractivity contribution in [1.29, 1.82) is 0 Å². The number of ketones is 1. The molecule has 10 atom stereocenters. The molecule has 0 aromatic heterocycles. The molecule has 7 nitrogen and oxygen atoms in total. The zero-order chi connectivity index (χ0) is 28.3. The molecule has 0 bridgehead atoms. The predicted molar refractivity (Wildman–Crippen MR) is 146 cm³/mol. The number of aliphatic hydroxyl groups is 2. The molecule has 4 rings (SSSR count). The van der Waals surface area contributed by atoms with Gasteiger partial charge < -0.3 is 29.2 Å². The molecule has 0 aliphatic heterocycles. The third-order valence-corrected chi connectivity index (χ3v) is 11.6. The van der Waals surface area contributed by atoms with Gasteiger partial charge in [-0.3, -0.25) is 4.79 Å². The first-order chi connectivity index (χ1) is 17.6. The van der Waals surface area contributed by atoms with E-state index in [0.29, 0.717) is 19.3 Å². The fourth-order valence-corrected chi connectivity index (χ4v) is 9.54. The summed E-state index contributed by atoms with van der Waals surface area (Å²) in [6, 6.07) is 0. The van der Waals surface area contributed by atoms with Gasteiger partial charge in [-0.2, -0.15) is 0 Å². The number of methoxy groups -OCH3 is 4. The summed E-state index contributed by atoms with van der Waals surface area (Å²) in [7, 11) is 6.87. The van der Waals surface area contributed by atoms with Gasteiger partial charge in [-0.05, 0) is 101 Å². The largest absolute Gasteiger partial charge is 0.390 e. The molecule has 7 heteroatoms. The van der Waals surface area contributed by atoms with Crippen LogP contribution in [0, 0.1) is 28.6 Å². The Balaban J connectivity index is 1.71. The quantitative estimate of drug-likeness (QED) is 0.449. The Hall–Kier alpha value is -0.830. The van der Waals surface area contributed by atoms with E-state index < -0.39 is 22.9 Å². The minimum Gasteiger partial charge on any atom is -0.390 e. The van der Waals surface area contributed by atoms with E-state index >= 15 is 0 Å². The van der Waals surface area contributed by atoms with Gasteiger partial charge in [0.1, 0.15) is 0 Å². The van der Waals surface area contributed by atoms with E-state index in [4.69, 9.17) is 18.9 Å². The number of allylic oxidation sites excluding steroid dienone is 1. The highest BCUT2D eigenvalue weighted by Crippen LogP contribution is 2.70.